The Morgan fingerprint density at radius 1 is 0.850 bits per heavy atom. The average Bonchev–Trinajstić information content (AvgIpc) is 2.41. The minimum absolute atomic E-state index is 0.0928. The van der Waals surface area contributed by atoms with Crippen LogP contribution in [0.5, 0.6) is 28.7 Å². The normalized spacial score (nSPS) is 10.4. The summed E-state index contributed by atoms with van der Waals surface area (Å²) in [5, 5.41) is 47.2. The van der Waals surface area contributed by atoms with Crippen molar-refractivity contribution in [3.63, 3.8) is 0 Å². The Hall–Kier alpha value is -2.89. The SMILES string of the molecule is Cc1c(O)ccc(C(=O)c2cc(O)c(O)c(O)c2)c1O. The molecule has 5 N–H and O–H groups in total. The minimum Gasteiger partial charge on any atom is -0.508 e. The van der Waals surface area contributed by atoms with Gasteiger partial charge in [0.05, 0.1) is 5.56 Å². The highest BCUT2D eigenvalue weighted by molar-refractivity contribution is 6.11. The molecule has 2 rings (SSSR count). The van der Waals surface area contributed by atoms with Crippen LogP contribution < -0.4 is 0 Å². The summed E-state index contributed by atoms with van der Waals surface area (Å²) in [5.41, 5.74) is -0.0638. The maximum atomic E-state index is 12.2. The Labute approximate surface area is 113 Å². The van der Waals surface area contributed by atoms with Gasteiger partial charge in [-0.25, -0.2) is 0 Å². The van der Waals surface area contributed by atoms with E-state index >= 15 is 0 Å². The maximum absolute atomic E-state index is 12.2. The zero-order valence-corrected chi connectivity index (χ0v) is 10.5. The summed E-state index contributed by atoms with van der Waals surface area (Å²) in [6.07, 6.45) is 0. The molecule has 0 bridgehead atoms. The van der Waals surface area contributed by atoms with Crippen molar-refractivity contribution < 1.29 is 30.3 Å². The van der Waals surface area contributed by atoms with Gasteiger partial charge in [-0.15, -0.1) is 0 Å². The van der Waals surface area contributed by atoms with Gasteiger partial charge in [0.1, 0.15) is 11.5 Å². The molecule has 0 saturated heterocycles. The van der Waals surface area contributed by atoms with Crippen molar-refractivity contribution in [2.24, 2.45) is 0 Å². The second-order valence-corrected chi connectivity index (χ2v) is 4.30. The number of rotatable bonds is 2. The molecule has 0 aliphatic heterocycles. The number of ketones is 1. The Morgan fingerprint density at radius 3 is 1.95 bits per heavy atom. The fourth-order valence-corrected chi connectivity index (χ4v) is 1.76. The topological polar surface area (TPSA) is 118 Å². The lowest BCUT2D eigenvalue weighted by Crippen LogP contribution is -2.02. The van der Waals surface area contributed by atoms with Crippen LogP contribution in [0.2, 0.25) is 0 Å². The average molecular weight is 276 g/mol. The summed E-state index contributed by atoms with van der Waals surface area (Å²) in [4.78, 5) is 12.2. The van der Waals surface area contributed by atoms with E-state index in [4.69, 9.17) is 0 Å². The summed E-state index contributed by atoms with van der Waals surface area (Å²) in [6.45, 7) is 1.44. The van der Waals surface area contributed by atoms with Gasteiger partial charge in [0.25, 0.3) is 0 Å². The van der Waals surface area contributed by atoms with Gasteiger partial charge in [0.2, 0.25) is 0 Å². The maximum Gasteiger partial charge on any atom is 0.200 e. The fourth-order valence-electron chi connectivity index (χ4n) is 1.76. The molecule has 0 saturated carbocycles. The molecule has 0 aliphatic carbocycles. The Morgan fingerprint density at radius 2 is 1.40 bits per heavy atom. The lowest BCUT2D eigenvalue weighted by atomic mass is 9.99. The van der Waals surface area contributed by atoms with Gasteiger partial charge in [0.15, 0.2) is 23.0 Å². The summed E-state index contributed by atoms with van der Waals surface area (Å²) < 4.78 is 0. The lowest BCUT2D eigenvalue weighted by Gasteiger charge is -2.09. The first-order valence-corrected chi connectivity index (χ1v) is 5.64. The van der Waals surface area contributed by atoms with E-state index in [-0.39, 0.29) is 28.2 Å². The third kappa shape index (κ3) is 2.07. The molecule has 0 aliphatic rings. The van der Waals surface area contributed by atoms with E-state index in [1.807, 2.05) is 0 Å². The van der Waals surface area contributed by atoms with Crippen molar-refractivity contribution in [1.82, 2.24) is 0 Å². The van der Waals surface area contributed by atoms with Crippen LogP contribution in [0.25, 0.3) is 0 Å². The highest BCUT2D eigenvalue weighted by Gasteiger charge is 2.19. The van der Waals surface area contributed by atoms with Crippen LogP contribution in [0.4, 0.5) is 0 Å². The van der Waals surface area contributed by atoms with Gasteiger partial charge in [-0.3, -0.25) is 4.79 Å². The third-order valence-electron chi connectivity index (χ3n) is 2.98. The molecule has 6 heteroatoms. The molecule has 104 valence electrons. The van der Waals surface area contributed by atoms with E-state index in [1.54, 1.807) is 0 Å². The van der Waals surface area contributed by atoms with Crippen molar-refractivity contribution in [2.45, 2.75) is 6.92 Å². The standard InChI is InChI=1S/C14H12O6/c1-6-9(15)3-2-8(12(6)18)13(19)7-4-10(16)14(20)11(17)5-7/h2-5,15-18,20H,1H3. The first-order valence-electron chi connectivity index (χ1n) is 5.64. The van der Waals surface area contributed by atoms with Crippen molar-refractivity contribution in [3.8, 4) is 28.7 Å². The lowest BCUT2D eigenvalue weighted by molar-refractivity contribution is 0.103. The molecule has 0 radical (unpaired) electrons. The largest absolute Gasteiger partial charge is 0.508 e. The van der Waals surface area contributed by atoms with Crippen LogP contribution in [-0.4, -0.2) is 31.3 Å². The fraction of sp³-hybridized carbons (Fsp3) is 0.0714. The number of phenols is 5. The first-order chi connectivity index (χ1) is 9.32. The van der Waals surface area contributed by atoms with Crippen LogP contribution in [0.15, 0.2) is 24.3 Å². The molecule has 0 aromatic heterocycles. The van der Waals surface area contributed by atoms with Crippen molar-refractivity contribution in [1.29, 1.82) is 0 Å². The monoisotopic (exact) mass is 276 g/mol. The summed E-state index contributed by atoms with van der Waals surface area (Å²) in [5.74, 6) is -3.24. The molecule has 6 nitrogen and oxygen atoms in total. The smallest absolute Gasteiger partial charge is 0.200 e. The van der Waals surface area contributed by atoms with Gasteiger partial charge in [-0.05, 0) is 31.2 Å². The molecule has 2 aromatic rings. The van der Waals surface area contributed by atoms with Crippen LogP contribution >= 0.6 is 0 Å². The molecule has 0 unspecified atom stereocenters. The number of benzene rings is 2. The molecule has 2 aromatic carbocycles. The predicted octanol–water partition coefficient (Wildman–Crippen LogP) is 1.75. The van der Waals surface area contributed by atoms with Gasteiger partial charge < -0.3 is 25.5 Å². The third-order valence-corrected chi connectivity index (χ3v) is 2.98. The summed E-state index contributed by atoms with van der Waals surface area (Å²) in [7, 11) is 0. The minimum atomic E-state index is -0.729. The number of carbonyl (C=O) groups is 1. The second kappa shape index (κ2) is 4.65. The quantitative estimate of drug-likeness (QED) is 0.421. The predicted molar refractivity (Wildman–Crippen MR) is 69.4 cm³/mol. The molecular weight excluding hydrogens is 264 g/mol. The molecule has 0 atom stereocenters. The summed E-state index contributed by atoms with van der Waals surface area (Å²) in [6, 6.07) is 4.42. The number of phenolic OH excluding ortho intramolecular Hbond substituents is 5. The zero-order chi connectivity index (χ0) is 15.0. The summed E-state index contributed by atoms with van der Waals surface area (Å²) >= 11 is 0. The van der Waals surface area contributed by atoms with Gasteiger partial charge >= 0.3 is 0 Å². The van der Waals surface area contributed by atoms with Crippen LogP contribution in [0, 0.1) is 6.92 Å². The highest BCUT2D eigenvalue weighted by Crippen LogP contribution is 2.37. The van der Waals surface area contributed by atoms with E-state index in [1.165, 1.54) is 19.1 Å². The Kier molecular flexibility index (Phi) is 3.15. The number of hydrogen-bond acceptors (Lipinski definition) is 6. The Bertz CT molecular complexity index is 682. The van der Waals surface area contributed by atoms with Gasteiger partial charge in [-0.2, -0.15) is 0 Å². The van der Waals surface area contributed by atoms with Crippen LogP contribution in [-0.2, 0) is 0 Å². The molecule has 0 spiro atoms. The Balaban J connectivity index is 2.55. The first kappa shape index (κ1) is 13.5. The molecule has 0 fully saturated rings. The van der Waals surface area contributed by atoms with Crippen molar-refractivity contribution in [3.05, 3.63) is 41.0 Å². The van der Waals surface area contributed by atoms with E-state index in [9.17, 15) is 30.3 Å². The molecule has 20 heavy (non-hydrogen) atoms. The number of aromatic hydroxyl groups is 5. The van der Waals surface area contributed by atoms with E-state index in [0.717, 1.165) is 12.1 Å². The van der Waals surface area contributed by atoms with Crippen LogP contribution in [0.1, 0.15) is 21.5 Å². The van der Waals surface area contributed by atoms with E-state index < -0.39 is 23.0 Å². The zero-order valence-electron chi connectivity index (χ0n) is 10.5. The van der Waals surface area contributed by atoms with Crippen molar-refractivity contribution >= 4 is 5.78 Å². The van der Waals surface area contributed by atoms with Crippen molar-refractivity contribution in [2.75, 3.05) is 0 Å². The molecule has 0 heterocycles. The number of carbonyl (C=O) groups excluding carboxylic acids is 1. The highest BCUT2D eigenvalue weighted by atomic mass is 16.3. The second-order valence-electron chi connectivity index (χ2n) is 4.30. The molecular formula is C14H12O6. The van der Waals surface area contributed by atoms with Gasteiger partial charge in [-0.1, -0.05) is 0 Å². The number of hydrogen-bond donors (Lipinski definition) is 5. The van der Waals surface area contributed by atoms with E-state index in [0.29, 0.717) is 0 Å². The van der Waals surface area contributed by atoms with Gasteiger partial charge in [0, 0.05) is 11.1 Å². The van der Waals surface area contributed by atoms with E-state index in [2.05, 4.69) is 0 Å². The molecule has 0 amide bonds. The van der Waals surface area contributed by atoms with Crippen LogP contribution in [0.3, 0.4) is 0 Å².